The van der Waals surface area contributed by atoms with Gasteiger partial charge in [0.05, 0.1) is 0 Å². The van der Waals surface area contributed by atoms with Crippen molar-refractivity contribution in [3.8, 4) is 0 Å². The molecule has 1 spiro atoms. The maximum absolute atomic E-state index is 3.46. The van der Waals surface area contributed by atoms with Crippen molar-refractivity contribution < 1.29 is 0 Å². The summed E-state index contributed by atoms with van der Waals surface area (Å²) in [5, 5.41) is 3.46. The average molecular weight is 267 g/mol. The molecule has 0 aromatic carbocycles. The Morgan fingerprint density at radius 3 is 2.16 bits per heavy atom. The molecule has 3 aliphatic rings. The van der Waals surface area contributed by atoms with E-state index in [-0.39, 0.29) is 0 Å². The molecule has 0 aromatic rings. The standard InChI is InChI=1S/C14H27N3.C2H6/c1-12(2)17-10-14(11-17)8-16(9-14)7-13-3-5-15-6-4-13;1-2/h12-13,15H,3-11H2,1-2H3;1-2H3. The Hall–Kier alpha value is -0.120. The van der Waals surface area contributed by atoms with Crippen LogP contribution >= 0.6 is 0 Å². The highest BCUT2D eigenvalue weighted by atomic mass is 15.3. The van der Waals surface area contributed by atoms with Crippen LogP contribution in [0.2, 0.25) is 0 Å². The second-order valence-electron chi connectivity index (χ2n) is 6.86. The molecule has 0 aromatic heterocycles. The van der Waals surface area contributed by atoms with Gasteiger partial charge in [-0.2, -0.15) is 0 Å². The Morgan fingerprint density at radius 1 is 1.05 bits per heavy atom. The van der Waals surface area contributed by atoms with Crippen LogP contribution in [0.4, 0.5) is 0 Å². The van der Waals surface area contributed by atoms with Gasteiger partial charge in [0.1, 0.15) is 0 Å². The molecule has 0 aliphatic carbocycles. The van der Waals surface area contributed by atoms with Crippen LogP contribution in [0.25, 0.3) is 0 Å². The Labute approximate surface area is 119 Å². The summed E-state index contributed by atoms with van der Waals surface area (Å²) < 4.78 is 0. The third-order valence-corrected chi connectivity index (χ3v) is 4.90. The molecule has 0 atom stereocenters. The summed E-state index contributed by atoms with van der Waals surface area (Å²) in [7, 11) is 0. The average Bonchev–Trinajstić information content (AvgIpc) is 2.34. The van der Waals surface area contributed by atoms with Gasteiger partial charge in [0.25, 0.3) is 0 Å². The zero-order chi connectivity index (χ0) is 13.9. The first kappa shape index (κ1) is 15.3. The van der Waals surface area contributed by atoms with Crippen molar-refractivity contribution in [1.29, 1.82) is 0 Å². The fourth-order valence-corrected chi connectivity index (χ4v) is 3.84. The molecule has 0 amide bonds. The summed E-state index contributed by atoms with van der Waals surface area (Å²) in [6.07, 6.45) is 2.78. The number of nitrogens with zero attached hydrogens (tertiary/aromatic N) is 2. The molecule has 3 saturated heterocycles. The Balaban J connectivity index is 0.000000637. The predicted molar refractivity (Wildman–Crippen MR) is 82.5 cm³/mol. The fraction of sp³-hybridized carbons (Fsp3) is 1.00. The minimum atomic E-state index is 0.706. The van der Waals surface area contributed by atoms with Crippen LogP contribution in [0.1, 0.15) is 40.5 Å². The van der Waals surface area contributed by atoms with Crippen LogP contribution in [0.15, 0.2) is 0 Å². The maximum Gasteiger partial charge on any atom is 0.0212 e. The van der Waals surface area contributed by atoms with Crippen LogP contribution in [0.3, 0.4) is 0 Å². The van der Waals surface area contributed by atoms with E-state index in [1.165, 1.54) is 58.7 Å². The first-order valence-corrected chi connectivity index (χ1v) is 8.34. The molecular formula is C16H33N3. The van der Waals surface area contributed by atoms with E-state index in [1.807, 2.05) is 13.8 Å². The molecule has 3 nitrogen and oxygen atoms in total. The van der Waals surface area contributed by atoms with Gasteiger partial charge in [0.2, 0.25) is 0 Å². The summed E-state index contributed by atoms with van der Waals surface area (Å²) in [5.74, 6) is 0.967. The quantitative estimate of drug-likeness (QED) is 0.844. The molecule has 0 unspecified atom stereocenters. The van der Waals surface area contributed by atoms with Gasteiger partial charge < -0.3 is 10.2 Å². The van der Waals surface area contributed by atoms with Crippen molar-refractivity contribution >= 4 is 0 Å². The zero-order valence-electron chi connectivity index (χ0n) is 13.4. The van der Waals surface area contributed by atoms with E-state index in [4.69, 9.17) is 0 Å². The highest BCUT2D eigenvalue weighted by Gasteiger charge is 2.51. The van der Waals surface area contributed by atoms with Crippen LogP contribution in [0.5, 0.6) is 0 Å². The van der Waals surface area contributed by atoms with E-state index in [2.05, 4.69) is 29.0 Å². The Bertz CT molecular complexity index is 257. The maximum atomic E-state index is 3.46. The summed E-state index contributed by atoms with van der Waals surface area (Å²) in [6, 6.07) is 0.749. The van der Waals surface area contributed by atoms with Crippen molar-refractivity contribution in [2.24, 2.45) is 11.3 Å². The monoisotopic (exact) mass is 267 g/mol. The van der Waals surface area contributed by atoms with E-state index < -0.39 is 0 Å². The van der Waals surface area contributed by atoms with Crippen molar-refractivity contribution in [2.75, 3.05) is 45.8 Å². The summed E-state index contributed by atoms with van der Waals surface area (Å²) in [5.41, 5.74) is 0.706. The SMILES string of the molecule is CC.CC(C)N1CC2(CN(CC3CCNCC3)C2)C1. The first-order chi connectivity index (χ1) is 9.17. The predicted octanol–water partition coefficient (Wildman–Crippen LogP) is 2.04. The molecule has 3 aliphatic heterocycles. The molecule has 0 bridgehead atoms. The number of nitrogens with one attached hydrogen (secondary N) is 1. The number of hydrogen-bond donors (Lipinski definition) is 1. The van der Waals surface area contributed by atoms with Gasteiger partial charge in [-0.25, -0.2) is 0 Å². The Kier molecular flexibility index (Phi) is 5.27. The van der Waals surface area contributed by atoms with E-state index in [1.54, 1.807) is 0 Å². The molecule has 3 fully saturated rings. The lowest BCUT2D eigenvalue weighted by Gasteiger charge is -2.62. The molecule has 3 rings (SSSR count). The fourth-order valence-electron chi connectivity index (χ4n) is 3.84. The normalized spacial score (nSPS) is 27.6. The van der Waals surface area contributed by atoms with E-state index in [0.29, 0.717) is 5.41 Å². The largest absolute Gasteiger partial charge is 0.317 e. The van der Waals surface area contributed by atoms with Crippen molar-refractivity contribution in [1.82, 2.24) is 15.1 Å². The van der Waals surface area contributed by atoms with E-state index in [0.717, 1.165) is 12.0 Å². The lowest BCUT2D eigenvalue weighted by molar-refractivity contribution is -0.129. The first-order valence-electron chi connectivity index (χ1n) is 8.34. The third-order valence-electron chi connectivity index (χ3n) is 4.90. The highest BCUT2D eigenvalue weighted by Crippen LogP contribution is 2.40. The molecule has 3 heteroatoms. The molecule has 1 N–H and O–H groups in total. The number of likely N-dealkylation sites (tertiary alicyclic amines) is 2. The molecule has 3 heterocycles. The van der Waals surface area contributed by atoms with Gasteiger partial charge in [-0.15, -0.1) is 0 Å². The molecular weight excluding hydrogens is 234 g/mol. The van der Waals surface area contributed by atoms with Gasteiger partial charge in [0, 0.05) is 44.2 Å². The summed E-state index contributed by atoms with van der Waals surface area (Å²) in [6.45, 7) is 17.9. The van der Waals surface area contributed by atoms with Crippen molar-refractivity contribution in [2.45, 2.75) is 46.6 Å². The Morgan fingerprint density at radius 2 is 1.63 bits per heavy atom. The second kappa shape index (κ2) is 6.55. The number of rotatable bonds is 3. The summed E-state index contributed by atoms with van der Waals surface area (Å²) in [4.78, 5) is 5.32. The third kappa shape index (κ3) is 3.50. The molecule has 0 saturated carbocycles. The summed E-state index contributed by atoms with van der Waals surface area (Å²) >= 11 is 0. The van der Waals surface area contributed by atoms with Crippen molar-refractivity contribution in [3.05, 3.63) is 0 Å². The number of piperidine rings is 1. The van der Waals surface area contributed by atoms with Crippen LogP contribution < -0.4 is 5.32 Å². The molecule has 19 heavy (non-hydrogen) atoms. The minimum absolute atomic E-state index is 0.706. The van der Waals surface area contributed by atoms with Gasteiger partial charge in [-0.1, -0.05) is 13.8 Å². The molecule has 112 valence electrons. The van der Waals surface area contributed by atoms with E-state index >= 15 is 0 Å². The van der Waals surface area contributed by atoms with Gasteiger partial charge >= 0.3 is 0 Å². The smallest absolute Gasteiger partial charge is 0.0212 e. The minimum Gasteiger partial charge on any atom is -0.317 e. The molecule has 0 radical (unpaired) electrons. The lowest BCUT2D eigenvalue weighted by atomic mass is 9.72. The topological polar surface area (TPSA) is 18.5 Å². The second-order valence-corrected chi connectivity index (χ2v) is 6.86. The van der Waals surface area contributed by atoms with Gasteiger partial charge in [0.15, 0.2) is 0 Å². The van der Waals surface area contributed by atoms with Crippen molar-refractivity contribution in [3.63, 3.8) is 0 Å². The van der Waals surface area contributed by atoms with Crippen LogP contribution in [0, 0.1) is 11.3 Å². The highest BCUT2D eigenvalue weighted by molar-refractivity contribution is 5.06. The van der Waals surface area contributed by atoms with Crippen LogP contribution in [-0.4, -0.2) is 61.7 Å². The zero-order valence-corrected chi connectivity index (χ0v) is 13.4. The van der Waals surface area contributed by atoms with Crippen LogP contribution in [-0.2, 0) is 0 Å². The number of hydrogen-bond acceptors (Lipinski definition) is 3. The van der Waals surface area contributed by atoms with Gasteiger partial charge in [-0.05, 0) is 45.7 Å². The van der Waals surface area contributed by atoms with Gasteiger partial charge in [-0.3, -0.25) is 4.90 Å². The lowest BCUT2D eigenvalue weighted by Crippen LogP contribution is -2.73. The van der Waals surface area contributed by atoms with E-state index in [9.17, 15) is 0 Å².